The van der Waals surface area contributed by atoms with E-state index in [1.165, 1.54) is 21.8 Å². The molecule has 3 aromatic carbocycles. The Labute approximate surface area is 205 Å². The van der Waals surface area contributed by atoms with Crippen LogP contribution in [0.25, 0.3) is 27.9 Å². The minimum absolute atomic E-state index is 0.0698. The summed E-state index contributed by atoms with van der Waals surface area (Å²) in [5, 5.41) is 5.44. The molecule has 1 fully saturated rings. The molecule has 178 valence electrons. The van der Waals surface area contributed by atoms with E-state index in [0.717, 1.165) is 49.4 Å². The second-order valence-electron chi connectivity index (χ2n) is 9.04. The first-order valence-electron chi connectivity index (χ1n) is 12.2. The highest BCUT2D eigenvalue weighted by Gasteiger charge is 2.24. The Morgan fingerprint density at radius 1 is 0.971 bits per heavy atom. The van der Waals surface area contributed by atoms with Gasteiger partial charge in [0.1, 0.15) is 0 Å². The van der Waals surface area contributed by atoms with Gasteiger partial charge >= 0.3 is 0 Å². The molecule has 3 N–H and O–H groups in total. The Bertz CT molecular complexity index is 1430. The number of nitrogens with one attached hydrogen (secondary N) is 1. The van der Waals surface area contributed by atoms with E-state index in [9.17, 15) is 9.59 Å². The summed E-state index contributed by atoms with van der Waals surface area (Å²) in [6.07, 6.45) is 4.90. The van der Waals surface area contributed by atoms with Gasteiger partial charge in [0.2, 0.25) is 11.8 Å². The van der Waals surface area contributed by atoms with E-state index in [2.05, 4.69) is 58.1 Å². The number of hydrogen-bond acceptors (Lipinski definition) is 3. The van der Waals surface area contributed by atoms with E-state index in [-0.39, 0.29) is 17.7 Å². The number of aromatic nitrogens is 1. The first-order chi connectivity index (χ1) is 17.0. The van der Waals surface area contributed by atoms with Crippen molar-refractivity contribution in [3.63, 3.8) is 0 Å². The van der Waals surface area contributed by atoms with Crippen LogP contribution in [0.2, 0.25) is 0 Å². The third-order valence-electron chi connectivity index (χ3n) is 6.94. The molecule has 0 unspecified atom stereocenters. The van der Waals surface area contributed by atoms with Crippen LogP contribution in [0.3, 0.4) is 0 Å². The third-order valence-corrected chi connectivity index (χ3v) is 6.94. The molecule has 2 amide bonds. The molecule has 1 aliphatic rings. The normalized spacial score (nSPS) is 14.7. The van der Waals surface area contributed by atoms with Crippen molar-refractivity contribution in [2.45, 2.75) is 26.3 Å². The summed E-state index contributed by atoms with van der Waals surface area (Å²) >= 11 is 0. The lowest BCUT2D eigenvalue weighted by Gasteiger charge is -2.33. The Morgan fingerprint density at radius 3 is 2.46 bits per heavy atom. The number of piperidine rings is 1. The fraction of sp³-hybridized carbons (Fsp3) is 0.241. The van der Waals surface area contributed by atoms with E-state index in [1.807, 2.05) is 36.4 Å². The number of benzene rings is 3. The third kappa shape index (κ3) is 4.52. The van der Waals surface area contributed by atoms with Gasteiger partial charge in [-0.05, 0) is 61.7 Å². The average Bonchev–Trinajstić information content (AvgIpc) is 3.21. The molecule has 6 nitrogen and oxygen atoms in total. The van der Waals surface area contributed by atoms with Gasteiger partial charge in [-0.25, -0.2) is 0 Å². The summed E-state index contributed by atoms with van der Waals surface area (Å²) in [6, 6.07) is 22.5. The molecular weight excluding hydrogens is 436 g/mol. The molecule has 0 radical (unpaired) electrons. The van der Waals surface area contributed by atoms with Crippen LogP contribution in [0.5, 0.6) is 0 Å². The van der Waals surface area contributed by atoms with E-state index in [0.29, 0.717) is 0 Å². The summed E-state index contributed by atoms with van der Waals surface area (Å²) in [4.78, 5) is 26.5. The van der Waals surface area contributed by atoms with Gasteiger partial charge in [0, 0.05) is 53.4 Å². The molecule has 0 bridgehead atoms. The second-order valence-corrected chi connectivity index (χ2v) is 9.04. The number of hydrogen-bond donors (Lipinski definition) is 2. The number of nitrogens with zero attached hydrogens (tertiary/aromatic N) is 2. The van der Waals surface area contributed by atoms with Crippen molar-refractivity contribution in [3.05, 3.63) is 78.4 Å². The predicted molar refractivity (Wildman–Crippen MR) is 143 cm³/mol. The molecular formula is C29H30N4O2. The predicted octanol–water partition coefficient (Wildman–Crippen LogP) is 5.17. The molecule has 1 aromatic heterocycles. The number of anilines is 2. The van der Waals surface area contributed by atoms with Gasteiger partial charge < -0.3 is 20.5 Å². The van der Waals surface area contributed by atoms with Crippen molar-refractivity contribution >= 4 is 51.1 Å². The van der Waals surface area contributed by atoms with E-state index < -0.39 is 0 Å². The fourth-order valence-corrected chi connectivity index (χ4v) is 5.12. The molecule has 0 aliphatic carbocycles. The summed E-state index contributed by atoms with van der Waals surface area (Å²) in [6.45, 7) is 4.53. The smallest absolute Gasteiger partial charge is 0.248 e. The van der Waals surface area contributed by atoms with Gasteiger partial charge in [0.05, 0.1) is 11.4 Å². The van der Waals surface area contributed by atoms with Crippen LogP contribution < -0.4 is 16.0 Å². The highest BCUT2D eigenvalue weighted by Crippen LogP contribution is 2.31. The van der Waals surface area contributed by atoms with Gasteiger partial charge in [-0.2, -0.15) is 0 Å². The summed E-state index contributed by atoms with van der Waals surface area (Å²) in [5.41, 5.74) is 10.6. The lowest BCUT2D eigenvalue weighted by atomic mass is 9.96. The maximum atomic E-state index is 12.8. The number of nitrogens with two attached hydrogens (primary N) is 1. The number of primary amides is 1. The van der Waals surface area contributed by atoms with Crippen LogP contribution in [0, 0.1) is 5.92 Å². The Hall–Kier alpha value is -4.06. The van der Waals surface area contributed by atoms with E-state index in [4.69, 9.17) is 5.73 Å². The monoisotopic (exact) mass is 466 g/mol. The SMILES string of the molecule is CCn1c2ccccc2c2cc(/C=C/C(=O)Nc3ccccc3N3CCC(C(N)=O)CC3)ccc21. The number of amides is 2. The van der Waals surface area contributed by atoms with Gasteiger partial charge in [-0.3, -0.25) is 9.59 Å². The molecule has 0 spiro atoms. The van der Waals surface area contributed by atoms with Gasteiger partial charge in [0.15, 0.2) is 0 Å². The minimum atomic E-state index is -0.228. The maximum absolute atomic E-state index is 12.8. The van der Waals surface area contributed by atoms with Crippen molar-refractivity contribution in [2.24, 2.45) is 11.7 Å². The van der Waals surface area contributed by atoms with Gasteiger partial charge in [-0.15, -0.1) is 0 Å². The molecule has 1 saturated heterocycles. The lowest BCUT2D eigenvalue weighted by molar-refractivity contribution is -0.122. The number of fused-ring (bicyclic) bond motifs is 3. The summed E-state index contributed by atoms with van der Waals surface area (Å²) in [5.74, 6) is -0.478. The van der Waals surface area contributed by atoms with Crippen LogP contribution in [0.15, 0.2) is 72.8 Å². The molecule has 1 aliphatic heterocycles. The number of para-hydroxylation sites is 3. The quantitative estimate of drug-likeness (QED) is 0.385. The van der Waals surface area contributed by atoms with Crippen LogP contribution in [-0.4, -0.2) is 29.5 Å². The standard InChI is InChI=1S/C29H30N4O2/c1-2-33-25-9-5-3-7-22(25)23-19-20(11-13-26(23)33)12-14-28(34)31-24-8-4-6-10-27(24)32-17-15-21(16-18-32)29(30)35/h3-14,19,21H,2,15-18H2,1H3,(H2,30,35)(H,31,34)/b14-12+. The Morgan fingerprint density at radius 2 is 1.69 bits per heavy atom. The van der Waals surface area contributed by atoms with Crippen LogP contribution in [0.1, 0.15) is 25.3 Å². The summed E-state index contributed by atoms with van der Waals surface area (Å²) < 4.78 is 2.31. The molecule has 35 heavy (non-hydrogen) atoms. The van der Waals surface area contributed by atoms with Crippen LogP contribution in [0.4, 0.5) is 11.4 Å². The van der Waals surface area contributed by atoms with Crippen LogP contribution in [-0.2, 0) is 16.1 Å². The highest BCUT2D eigenvalue weighted by atomic mass is 16.1. The average molecular weight is 467 g/mol. The number of aryl methyl sites for hydroxylation is 1. The number of rotatable bonds is 6. The zero-order valence-corrected chi connectivity index (χ0v) is 19.9. The summed E-state index contributed by atoms with van der Waals surface area (Å²) in [7, 11) is 0. The first-order valence-corrected chi connectivity index (χ1v) is 12.2. The molecule has 2 heterocycles. The lowest BCUT2D eigenvalue weighted by Crippen LogP contribution is -2.38. The first kappa shape index (κ1) is 22.7. The van der Waals surface area contributed by atoms with Gasteiger partial charge in [-0.1, -0.05) is 36.4 Å². The maximum Gasteiger partial charge on any atom is 0.248 e. The van der Waals surface area contributed by atoms with Crippen molar-refractivity contribution in [1.82, 2.24) is 4.57 Å². The molecule has 5 rings (SSSR count). The molecule has 0 saturated carbocycles. The van der Waals surface area contributed by atoms with E-state index in [1.54, 1.807) is 6.08 Å². The van der Waals surface area contributed by atoms with Crippen molar-refractivity contribution in [2.75, 3.05) is 23.3 Å². The van der Waals surface area contributed by atoms with E-state index >= 15 is 0 Å². The van der Waals surface area contributed by atoms with Crippen molar-refractivity contribution in [1.29, 1.82) is 0 Å². The van der Waals surface area contributed by atoms with Crippen LogP contribution >= 0.6 is 0 Å². The number of carbonyl (C=O) groups excluding carboxylic acids is 2. The Kier molecular flexibility index (Phi) is 6.27. The zero-order chi connectivity index (χ0) is 24.4. The fourth-order valence-electron chi connectivity index (χ4n) is 5.12. The zero-order valence-electron chi connectivity index (χ0n) is 19.9. The number of carbonyl (C=O) groups is 2. The van der Waals surface area contributed by atoms with Crippen molar-refractivity contribution < 1.29 is 9.59 Å². The Balaban J connectivity index is 1.33. The topological polar surface area (TPSA) is 80.4 Å². The second kappa shape index (κ2) is 9.66. The molecule has 6 heteroatoms. The van der Waals surface area contributed by atoms with Crippen molar-refractivity contribution in [3.8, 4) is 0 Å². The molecule has 0 atom stereocenters. The van der Waals surface area contributed by atoms with Gasteiger partial charge in [0.25, 0.3) is 0 Å². The molecule has 4 aromatic rings. The minimum Gasteiger partial charge on any atom is -0.370 e. The largest absolute Gasteiger partial charge is 0.370 e. The highest BCUT2D eigenvalue weighted by molar-refractivity contribution is 6.09.